The smallest absolute Gasteiger partial charge is 0.350 e. The van der Waals surface area contributed by atoms with Crippen LogP contribution in [0.1, 0.15) is 20.8 Å². The third kappa shape index (κ3) is 5.30. The van der Waals surface area contributed by atoms with Crippen LogP contribution >= 0.6 is 0 Å². The highest BCUT2D eigenvalue weighted by Crippen LogP contribution is 2.37. The van der Waals surface area contributed by atoms with Gasteiger partial charge in [0.15, 0.2) is 34.7 Å². The molecule has 16 heteroatoms. The van der Waals surface area contributed by atoms with E-state index in [0.29, 0.717) is 27.8 Å². The molecule has 4 aromatic rings. The topological polar surface area (TPSA) is 170 Å². The molecule has 2 atom stereocenters. The fraction of sp³-hybridized carbons (Fsp3) is 0.250. The van der Waals surface area contributed by atoms with Gasteiger partial charge < -0.3 is 20.9 Å². The number of carbonyl (C=O) groups is 3. The molecular weight excluding hydrogens is 585 g/mol. The second kappa shape index (κ2) is 11.7. The molecule has 5 N–H and O–H groups in total. The molecule has 1 aliphatic heterocycles. The number of nitrogens with two attached hydrogens (primary N) is 1. The van der Waals surface area contributed by atoms with E-state index in [1.807, 2.05) is 0 Å². The Labute approximate surface area is 248 Å². The predicted octanol–water partition coefficient (Wildman–Crippen LogP) is 3.41. The molecule has 4 amide bonds. The Bertz CT molecular complexity index is 1770. The summed E-state index contributed by atoms with van der Waals surface area (Å²) < 4.78 is 49.1. The predicted molar refractivity (Wildman–Crippen MR) is 152 cm³/mol. The van der Waals surface area contributed by atoms with E-state index >= 15 is 4.39 Å². The lowest BCUT2D eigenvalue weighted by Gasteiger charge is -2.48. The van der Waals surface area contributed by atoms with Crippen LogP contribution in [-0.4, -0.2) is 67.9 Å². The molecule has 0 saturated carbocycles. The normalized spacial score (nSPS) is 16.2. The van der Waals surface area contributed by atoms with Crippen molar-refractivity contribution >= 4 is 46.1 Å². The number of rotatable bonds is 9. The van der Waals surface area contributed by atoms with Gasteiger partial charge in [0.05, 0.1) is 18.0 Å². The van der Waals surface area contributed by atoms with Gasteiger partial charge in [0.2, 0.25) is 6.04 Å². The number of carbonyl (C=O) groups excluding carboxylic acids is 3. The van der Waals surface area contributed by atoms with Gasteiger partial charge in [0.1, 0.15) is 11.1 Å². The Morgan fingerprint density at radius 2 is 1.75 bits per heavy atom. The second-order valence-corrected chi connectivity index (χ2v) is 10.2. The van der Waals surface area contributed by atoms with Crippen molar-refractivity contribution in [3.63, 3.8) is 0 Å². The zero-order valence-corrected chi connectivity index (χ0v) is 23.6. The van der Waals surface area contributed by atoms with Crippen molar-refractivity contribution in [3.05, 3.63) is 66.1 Å². The van der Waals surface area contributed by atoms with E-state index in [4.69, 9.17) is 10.5 Å². The zero-order valence-electron chi connectivity index (χ0n) is 23.6. The summed E-state index contributed by atoms with van der Waals surface area (Å²) in [5, 5.41) is 21.6. The molecule has 1 aliphatic rings. The molecule has 2 aromatic carbocycles. The number of nitrogens with zero attached hydrogens (tertiary/aromatic N) is 5. The summed E-state index contributed by atoms with van der Waals surface area (Å²) in [5.74, 6) is -5.55. The standard InChI is InChI=1S/C28H27F3N8O5/c1-13(2)38-28(43)37(15-4-6-17(29)18(30)10-15)27(42)23(24(32)41)39(38)16-5-7-20(19(31)11-16)44-21-8-9-33-25-22(21)26(36-35-25)34-14(3)12-40/h4-11,13-14,23,40H,12H2,1-3H3,(H2,32,41)(H2,33,34,35,36)/t14?,23-/m1/s1. The number of imide groups is 1. The van der Waals surface area contributed by atoms with Crippen molar-refractivity contribution in [3.8, 4) is 11.5 Å². The van der Waals surface area contributed by atoms with Crippen LogP contribution in [0.2, 0.25) is 0 Å². The third-order valence-corrected chi connectivity index (χ3v) is 6.72. The first kappa shape index (κ1) is 30.1. The largest absolute Gasteiger partial charge is 0.453 e. The van der Waals surface area contributed by atoms with Crippen LogP contribution in [0.3, 0.4) is 0 Å². The number of nitrogens with one attached hydrogen (secondary N) is 2. The number of aromatic nitrogens is 3. The molecule has 0 aliphatic carbocycles. The fourth-order valence-electron chi connectivity index (χ4n) is 4.71. The molecule has 13 nitrogen and oxygen atoms in total. The number of benzene rings is 2. The average molecular weight is 613 g/mol. The lowest BCUT2D eigenvalue weighted by atomic mass is 10.1. The Hall–Kier alpha value is -5.38. The molecule has 0 bridgehead atoms. The summed E-state index contributed by atoms with van der Waals surface area (Å²) in [6, 6.07) is 3.42. The summed E-state index contributed by atoms with van der Waals surface area (Å²) in [7, 11) is 0. The Kier molecular flexibility index (Phi) is 8.01. The highest BCUT2D eigenvalue weighted by molar-refractivity contribution is 6.25. The van der Waals surface area contributed by atoms with Crippen LogP contribution in [0, 0.1) is 17.5 Å². The molecule has 230 valence electrons. The molecule has 2 aromatic heterocycles. The Morgan fingerprint density at radius 3 is 2.39 bits per heavy atom. The van der Waals surface area contributed by atoms with Crippen molar-refractivity contribution in [2.24, 2.45) is 5.73 Å². The maximum atomic E-state index is 15.6. The highest BCUT2D eigenvalue weighted by atomic mass is 19.2. The van der Waals surface area contributed by atoms with Gasteiger partial charge in [-0.05, 0) is 45.0 Å². The van der Waals surface area contributed by atoms with E-state index in [1.54, 1.807) is 20.8 Å². The number of aromatic amines is 1. The van der Waals surface area contributed by atoms with Crippen molar-refractivity contribution in [1.82, 2.24) is 20.2 Å². The number of H-pyrrole nitrogens is 1. The number of halogens is 3. The number of amides is 4. The molecule has 1 saturated heterocycles. The summed E-state index contributed by atoms with van der Waals surface area (Å²) in [6.45, 7) is 4.68. The van der Waals surface area contributed by atoms with E-state index in [-0.39, 0.29) is 35.5 Å². The van der Waals surface area contributed by atoms with E-state index in [1.165, 1.54) is 24.4 Å². The van der Waals surface area contributed by atoms with Gasteiger partial charge in [-0.15, -0.1) is 0 Å². The minimum atomic E-state index is -1.86. The lowest BCUT2D eigenvalue weighted by molar-refractivity contribution is -0.130. The van der Waals surface area contributed by atoms with Crippen LogP contribution in [0.4, 0.5) is 35.2 Å². The number of aliphatic hydroxyl groups excluding tert-OH is 1. The first-order valence-corrected chi connectivity index (χ1v) is 13.3. The maximum absolute atomic E-state index is 15.6. The molecule has 1 unspecified atom stereocenters. The van der Waals surface area contributed by atoms with E-state index in [9.17, 15) is 28.3 Å². The number of ether oxygens (including phenoxy) is 1. The van der Waals surface area contributed by atoms with E-state index < -0.39 is 47.4 Å². The van der Waals surface area contributed by atoms with Crippen molar-refractivity contribution in [1.29, 1.82) is 0 Å². The number of aliphatic hydroxyl groups is 1. The van der Waals surface area contributed by atoms with Gasteiger partial charge >= 0.3 is 6.03 Å². The zero-order chi connectivity index (χ0) is 31.9. The molecule has 0 radical (unpaired) electrons. The van der Waals surface area contributed by atoms with E-state index in [2.05, 4.69) is 20.5 Å². The summed E-state index contributed by atoms with van der Waals surface area (Å²) in [5.41, 5.74) is 5.52. The lowest BCUT2D eigenvalue weighted by Crippen LogP contribution is -2.72. The number of hydrazine groups is 1. The van der Waals surface area contributed by atoms with Gasteiger partial charge in [-0.3, -0.25) is 19.7 Å². The molecular formula is C28H27F3N8O5. The monoisotopic (exact) mass is 612 g/mol. The van der Waals surface area contributed by atoms with Crippen LogP contribution in [-0.2, 0) is 9.59 Å². The quantitative estimate of drug-likeness (QED) is 0.207. The van der Waals surface area contributed by atoms with Crippen LogP contribution < -0.4 is 25.7 Å². The van der Waals surface area contributed by atoms with Crippen molar-refractivity contribution in [2.75, 3.05) is 21.8 Å². The number of urea groups is 1. The summed E-state index contributed by atoms with van der Waals surface area (Å²) in [6.07, 6.45) is 1.42. The Morgan fingerprint density at radius 1 is 1.05 bits per heavy atom. The first-order valence-electron chi connectivity index (χ1n) is 13.3. The number of fused-ring (bicyclic) bond motifs is 1. The molecule has 3 heterocycles. The Balaban J connectivity index is 1.52. The van der Waals surface area contributed by atoms with Gasteiger partial charge in [-0.25, -0.2) is 32.9 Å². The second-order valence-electron chi connectivity index (χ2n) is 10.2. The number of hydrogen-bond donors (Lipinski definition) is 4. The van der Waals surface area contributed by atoms with Crippen LogP contribution in [0.5, 0.6) is 11.5 Å². The number of hydrogen-bond acceptors (Lipinski definition) is 9. The minimum Gasteiger partial charge on any atom is -0.453 e. The molecule has 1 fully saturated rings. The fourth-order valence-corrected chi connectivity index (χ4v) is 4.71. The summed E-state index contributed by atoms with van der Waals surface area (Å²) in [4.78, 5) is 44.5. The van der Waals surface area contributed by atoms with E-state index in [0.717, 1.165) is 28.2 Å². The van der Waals surface area contributed by atoms with Crippen LogP contribution in [0.15, 0.2) is 48.7 Å². The van der Waals surface area contributed by atoms with Gasteiger partial charge in [-0.2, -0.15) is 5.10 Å². The average Bonchev–Trinajstić information content (AvgIpc) is 3.38. The third-order valence-electron chi connectivity index (χ3n) is 6.72. The van der Waals surface area contributed by atoms with Gasteiger partial charge in [-0.1, -0.05) is 0 Å². The number of anilines is 3. The number of primary amides is 1. The number of pyridine rings is 1. The molecule has 44 heavy (non-hydrogen) atoms. The minimum absolute atomic E-state index is 0.0960. The first-order chi connectivity index (χ1) is 20.9. The van der Waals surface area contributed by atoms with Gasteiger partial charge in [0, 0.05) is 36.5 Å². The van der Waals surface area contributed by atoms with Crippen molar-refractivity contribution < 1.29 is 37.4 Å². The maximum Gasteiger partial charge on any atom is 0.350 e. The SMILES string of the molecule is CC(CO)Nc1n[nH]c2nccc(Oc3ccc(N4[C@H](C(N)=O)C(=O)N(c5ccc(F)c(F)c5)C(=O)N4C(C)C)cc3F)c12. The summed E-state index contributed by atoms with van der Waals surface area (Å²) >= 11 is 0. The van der Waals surface area contributed by atoms with Gasteiger partial charge in [0.25, 0.3) is 11.8 Å². The molecule has 5 rings (SSSR count). The van der Waals surface area contributed by atoms with Crippen molar-refractivity contribution in [2.45, 2.75) is 38.9 Å². The highest BCUT2D eigenvalue weighted by Gasteiger charge is 2.50. The van der Waals surface area contributed by atoms with Crippen LogP contribution in [0.25, 0.3) is 11.0 Å². The molecule has 0 spiro atoms.